The number of rotatable bonds is 4. The van der Waals surface area contributed by atoms with Gasteiger partial charge in [0, 0.05) is 25.4 Å². The second kappa shape index (κ2) is 10.6. The summed E-state index contributed by atoms with van der Waals surface area (Å²) in [5.41, 5.74) is 9.27. The molecule has 2 heterocycles. The molecule has 1 saturated heterocycles. The number of hydrogen-bond donors (Lipinski definition) is 2. The number of carbonyl (C=O) groups is 1. The zero-order valence-corrected chi connectivity index (χ0v) is 17.4. The van der Waals surface area contributed by atoms with Crippen molar-refractivity contribution in [2.24, 2.45) is 5.73 Å². The molecule has 2 aromatic carbocycles. The van der Waals surface area contributed by atoms with Crippen LogP contribution in [0.2, 0.25) is 0 Å². The monoisotopic (exact) mass is 403 g/mol. The molecule has 1 aliphatic heterocycles. The van der Waals surface area contributed by atoms with Crippen molar-refractivity contribution in [1.82, 2.24) is 9.88 Å². The number of hydrogen-bond acceptors (Lipinski definition) is 3. The Bertz CT molecular complexity index is 994. The van der Waals surface area contributed by atoms with Gasteiger partial charge >= 0.3 is 0 Å². The van der Waals surface area contributed by atoms with Gasteiger partial charge in [0.25, 0.3) is 0 Å². The van der Waals surface area contributed by atoms with E-state index < -0.39 is 5.91 Å². The summed E-state index contributed by atoms with van der Waals surface area (Å²) >= 11 is 0. The number of H-pyrrole nitrogens is 1. The highest BCUT2D eigenvalue weighted by Crippen LogP contribution is 2.27. The number of likely N-dealkylation sites (tertiary alicyclic amines) is 1. The molecule has 1 unspecified atom stereocenters. The summed E-state index contributed by atoms with van der Waals surface area (Å²) in [5.74, 6) is 0.158. The predicted octanol–water partition coefficient (Wildman–Crippen LogP) is 3.85. The summed E-state index contributed by atoms with van der Waals surface area (Å²) in [6.07, 6.45) is 3.92. The number of aromatic nitrogens is 1. The maximum atomic E-state index is 10.4. The van der Waals surface area contributed by atoms with Crippen molar-refractivity contribution in [3.63, 3.8) is 0 Å². The zero-order chi connectivity index (χ0) is 21.3. The van der Waals surface area contributed by atoms with Crippen LogP contribution >= 0.6 is 0 Å². The molecular weight excluding hydrogens is 374 g/mol. The Morgan fingerprint density at radius 3 is 2.57 bits per heavy atom. The molecule has 0 saturated carbocycles. The smallest absolute Gasteiger partial charge is 0.250 e. The first-order chi connectivity index (χ1) is 14.5. The number of piperidine rings is 1. The highest BCUT2D eigenvalue weighted by Gasteiger charge is 2.21. The summed E-state index contributed by atoms with van der Waals surface area (Å²) in [5, 5.41) is 0. The zero-order valence-electron chi connectivity index (χ0n) is 17.4. The molecule has 0 radical (unpaired) electrons. The van der Waals surface area contributed by atoms with E-state index in [1.54, 1.807) is 0 Å². The highest BCUT2D eigenvalue weighted by atomic mass is 16.1. The number of pyridine rings is 1. The Labute approximate surface area is 177 Å². The van der Waals surface area contributed by atoms with Gasteiger partial charge in [-0.05, 0) is 49.4 Å². The van der Waals surface area contributed by atoms with Crippen LogP contribution in [0.5, 0.6) is 0 Å². The minimum Gasteiger partial charge on any atom is -0.366 e. The van der Waals surface area contributed by atoms with Gasteiger partial charge in [-0.15, -0.1) is 0 Å². The van der Waals surface area contributed by atoms with Gasteiger partial charge in [-0.25, -0.2) is 0 Å². The van der Waals surface area contributed by atoms with Crippen molar-refractivity contribution in [3.8, 4) is 0 Å². The van der Waals surface area contributed by atoms with Crippen LogP contribution in [0.1, 0.15) is 45.8 Å². The molecule has 30 heavy (non-hydrogen) atoms. The van der Waals surface area contributed by atoms with Crippen molar-refractivity contribution < 1.29 is 4.79 Å². The minimum atomic E-state index is -0.545. The number of aryl methyl sites for hydroxylation is 1. The van der Waals surface area contributed by atoms with E-state index in [0.717, 1.165) is 6.54 Å². The summed E-state index contributed by atoms with van der Waals surface area (Å²) < 4.78 is 0. The van der Waals surface area contributed by atoms with Gasteiger partial charge < -0.3 is 10.7 Å². The van der Waals surface area contributed by atoms with E-state index in [4.69, 9.17) is 5.73 Å². The quantitative estimate of drug-likeness (QED) is 0.694. The maximum absolute atomic E-state index is 10.4. The second-order valence-corrected chi connectivity index (χ2v) is 7.78. The number of primary amides is 1. The molecule has 1 atom stereocenters. The summed E-state index contributed by atoms with van der Waals surface area (Å²) in [6, 6.07) is 22.5. The summed E-state index contributed by atoms with van der Waals surface area (Å²) in [7, 11) is 0. The van der Waals surface area contributed by atoms with Crippen LogP contribution < -0.4 is 11.3 Å². The van der Waals surface area contributed by atoms with E-state index >= 15 is 0 Å². The van der Waals surface area contributed by atoms with Crippen molar-refractivity contribution in [1.29, 1.82) is 0 Å². The topological polar surface area (TPSA) is 79.2 Å². The number of amides is 1. The van der Waals surface area contributed by atoms with Crippen LogP contribution in [0.3, 0.4) is 0 Å². The molecule has 1 aliphatic rings. The van der Waals surface area contributed by atoms with E-state index in [2.05, 4.69) is 71.4 Å². The second-order valence-electron chi connectivity index (χ2n) is 7.78. The van der Waals surface area contributed by atoms with E-state index in [-0.39, 0.29) is 5.56 Å². The van der Waals surface area contributed by atoms with E-state index in [0.29, 0.717) is 11.5 Å². The van der Waals surface area contributed by atoms with Crippen molar-refractivity contribution >= 4 is 5.91 Å². The minimum absolute atomic E-state index is 0.245. The van der Waals surface area contributed by atoms with Gasteiger partial charge in [-0.3, -0.25) is 14.5 Å². The van der Waals surface area contributed by atoms with Crippen LogP contribution in [-0.4, -0.2) is 28.9 Å². The molecule has 3 aromatic rings. The molecule has 1 aromatic heterocycles. The van der Waals surface area contributed by atoms with Gasteiger partial charge in [0.05, 0.1) is 5.56 Å². The Balaban J connectivity index is 0.000000216. The maximum Gasteiger partial charge on any atom is 0.250 e. The molecule has 5 heteroatoms. The SMILES string of the molecule is Cc1cccc(CN2CCCC(c3ccccc3)C2)c1.NC(=O)c1ccc(=O)[nH]c1. The molecule has 4 rings (SSSR count). The third kappa shape index (κ3) is 6.42. The molecule has 3 N–H and O–H groups in total. The van der Waals surface area contributed by atoms with Crippen LogP contribution in [0.25, 0.3) is 0 Å². The van der Waals surface area contributed by atoms with Crippen LogP contribution in [0.15, 0.2) is 77.7 Å². The number of nitrogens with two attached hydrogens (primary N) is 1. The van der Waals surface area contributed by atoms with E-state index in [1.165, 1.54) is 61.0 Å². The highest BCUT2D eigenvalue weighted by molar-refractivity contribution is 5.92. The van der Waals surface area contributed by atoms with Crippen molar-refractivity contribution in [3.05, 3.63) is 106 Å². The lowest BCUT2D eigenvalue weighted by atomic mass is 9.90. The molecule has 1 amide bonds. The number of carbonyl (C=O) groups excluding carboxylic acids is 1. The van der Waals surface area contributed by atoms with Gasteiger partial charge in [0.1, 0.15) is 0 Å². The molecule has 0 spiro atoms. The van der Waals surface area contributed by atoms with Crippen molar-refractivity contribution in [2.45, 2.75) is 32.2 Å². The first-order valence-corrected chi connectivity index (χ1v) is 10.3. The third-order valence-corrected chi connectivity index (χ3v) is 5.33. The molecule has 156 valence electrons. The number of nitrogens with zero attached hydrogens (tertiary/aromatic N) is 1. The molecule has 0 aliphatic carbocycles. The fourth-order valence-corrected chi connectivity index (χ4v) is 3.83. The van der Waals surface area contributed by atoms with Gasteiger partial charge in [0.2, 0.25) is 11.5 Å². The average Bonchev–Trinajstić information content (AvgIpc) is 2.75. The fraction of sp³-hybridized carbons (Fsp3) is 0.280. The number of benzene rings is 2. The molecule has 1 fully saturated rings. The first-order valence-electron chi connectivity index (χ1n) is 10.3. The van der Waals surface area contributed by atoms with E-state index in [9.17, 15) is 9.59 Å². The lowest BCUT2D eigenvalue weighted by Crippen LogP contribution is -2.33. The lowest BCUT2D eigenvalue weighted by Gasteiger charge is -2.33. The summed E-state index contributed by atoms with van der Waals surface area (Å²) in [4.78, 5) is 25.8. The predicted molar refractivity (Wildman–Crippen MR) is 120 cm³/mol. The number of nitrogens with one attached hydrogen (secondary N) is 1. The lowest BCUT2D eigenvalue weighted by molar-refractivity contribution is 0.1000. The van der Waals surface area contributed by atoms with Gasteiger partial charge in [0.15, 0.2) is 0 Å². The van der Waals surface area contributed by atoms with Crippen LogP contribution in [0, 0.1) is 6.92 Å². The Morgan fingerprint density at radius 2 is 1.90 bits per heavy atom. The average molecular weight is 404 g/mol. The molecule has 5 nitrogen and oxygen atoms in total. The van der Waals surface area contributed by atoms with Crippen LogP contribution in [-0.2, 0) is 6.54 Å². The van der Waals surface area contributed by atoms with Crippen LogP contribution in [0.4, 0.5) is 0 Å². The largest absolute Gasteiger partial charge is 0.366 e. The fourth-order valence-electron chi connectivity index (χ4n) is 3.83. The van der Waals surface area contributed by atoms with Gasteiger partial charge in [-0.1, -0.05) is 60.2 Å². The first kappa shape index (κ1) is 21.5. The Kier molecular flexibility index (Phi) is 7.57. The Hall–Kier alpha value is -3.18. The number of aromatic amines is 1. The molecule has 0 bridgehead atoms. The van der Waals surface area contributed by atoms with Crippen molar-refractivity contribution in [2.75, 3.05) is 13.1 Å². The van der Waals surface area contributed by atoms with Gasteiger partial charge in [-0.2, -0.15) is 0 Å². The Morgan fingerprint density at radius 1 is 1.10 bits per heavy atom. The summed E-state index contributed by atoms with van der Waals surface area (Å²) in [6.45, 7) is 5.69. The molecular formula is C25H29N3O2. The normalized spacial score (nSPS) is 16.4. The standard InChI is InChI=1S/C19H23N.C6H6N2O2/c1-16-7-5-8-17(13-16)14-20-12-6-11-19(15-20)18-9-3-2-4-10-18;7-6(10)4-1-2-5(9)8-3-4/h2-5,7-10,13,19H,6,11-12,14-15H2,1H3;1-3H,(H2,7,10)(H,8,9). The third-order valence-electron chi connectivity index (χ3n) is 5.33. The van der Waals surface area contributed by atoms with E-state index in [1.807, 2.05) is 0 Å².